The number of benzene rings is 1. The quantitative estimate of drug-likeness (QED) is 0.569. The van der Waals surface area contributed by atoms with E-state index in [0.29, 0.717) is 23.8 Å². The van der Waals surface area contributed by atoms with Crippen LogP contribution < -0.4 is 16.4 Å². The van der Waals surface area contributed by atoms with Crippen LogP contribution in [0.15, 0.2) is 41.3 Å². The Labute approximate surface area is 154 Å². The van der Waals surface area contributed by atoms with Crippen molar-refractivity contribution in [3.63, 3.8) is 0 Å². The number of primary amides is 1. The molecule has 2 heterocycles. The van der Waals surface area contributed by atoms with Crippen LogP contribution in [0.5, 0.6) is 0 Å². The highest BCUT2D eigenvalue weighted by Crippen LogP contribution is 2.23. The summed E-state index contributed by atoms with van der Waals surface area (Å²) in [6.07, 6.45) is 3.13. The smallest absolute Gasteiger partial charge is 0.247 e. The number of carbonyl (C=O) groups excluding carboxylic acids is 1. The topological polar surface area (TPSA) is 156 Å². The number of nitrogens with one attached hydrogen (secondary N) is 2. The number of carbonyl (C=O) groups is 1. The van der Waals surface area contributed by atoms with E-state index in [9.17, 15) is 10.1 Å². The van der Waals surface area contributed by atoms with Crippen LogP contribution in [-0.2, 0) is 4.79 Å². The molecule has 0 spiro atoms. The second-order valence-corrected chi connectivity index (χ2v) is 5.52. The van der Waals surface area contributed by atoms with Gasteiger partial charge in [-0.05, 0) is 30.7 Å². The van der Waals surface area contributed by atoms with Gasteiger partial charge in [0.15, 0.2) is 11.5 Å². The molecule has 1 amide bonds. The molecule has 3 aromatic rings. The number of aromatic nitrogens is 4. The molecule has 136 valence electrons. The Morgan fingerprint density at radius 2 is 2.15 bits per heavy atom. The molecule has 27 heavy (non-hydrogen) atoms. The number of rotatable bonds is 7. The molecule has 0 saturated heterocycles. The summed E-state index contributed by atoms with van der Waals surface area (Å²) in [6.45, 7) is 1.82. The standard InChI is InChI=1S/C17H16N8O2/c1-2-12(15(19)26)23-14-8-20-13(7-18)16(24-14)22-11-5-3-10(4-6-11)17-25-21-9-27-17/h3-6,8-9,12H,2H2,1H3,(H2,19,26)(H2,22,23,24). The Kier molecular flexibility index (Phi) is 5.22. The molecule has 0 aliphatic rings. The molecule has 0 aliphatic carbocycles. The van der Waals surface area contributed by atoms with Crippen molar-refractivity contribution >= 4 is 23.2 Å². The zero-order valence-electron chi connectivity index (χ0n) is 14.4. The normalized spacial score (nSPS) is 11.4. The van der Waals surface area contributed by atoms with Gasteiger partial charge in [-0.2, -0.15) is 5.26 Å². The van der Waals surface area contributed by atoms with E-state index in [1.54, 1.807) is 24.3 Å². The van der Waals surface area contributed by atoms with Gasteiger partial charge in [-0.25, -0.2) is 9.97 Å². The zero-order valence-corrected chi connectivity index (χ0v) is 14.4. The van der Waals surface area contributed by atoms with Crippen molar-refractivity contribution in [3.05, 3.63) is 42.5 Å². The Morgan fingerprint density at radius 3 is 2.74 bits per heavy atom. The second kappa shape index (κ2) is 7.92. The highest BCUT2D eigenvalue weighted by molar-refractivity contribution is 5.82. The number of nitrogens with two attached hydrogens (primary N) is 1. The highest BCUT2D eigenvalue weighted by Gasteiger charge is 2.15. The Hall–Kier alpha value is -4.00. The maximum atomic E-state index is 11.4. The number of anilines is 3. The number of hydrogen-bond acceptors (Lipinski definition) is 9. The van der Waals surface area contributed by atoms with Crippen molar-refractivity contribution < 1.29 is 9.21 Å². The summed E-state index contributed by atoms with van der Waals surface area (Å²) in [5.41, 5.74) is 6.89. The molecular formula is C17H16N8O2. The van der Waals surface area contributed by atoms with E-state index in [1.807, 2.05) is 13.0 Å². The van der Waals surface area contributed by atoms with Crippen LogP contribution in [0.3, 0.4) is 0 Å². The van der Waals surface area contributed by atoms with Gasteiger partial charge in [-0.3, -0.25) is 4.79 Å². The summed E-state index contributed by atoms with van der Waals surface area (Å²) in [6, 6.07) is 8.54. The first kappa shape index (κ1) is 17.8. The van der Waals surface area contributed by atoms with Gasteiger partial charge in [0.05, 0.1) is 6.20 Å². The van der Waals surface area contributed by atoms with E-state index >= 15 is 0 Å². The van der Waals surface area contributed by atoms with E-state index < -0.39 is 11.9 Å². The van der Waals surface area contributed by atoms with Crippen LogP contribution in [0.4, 0.5) is 17.3 Å². The van der Waals surface area contributed by atoms with Crippen LogP contribution in [0, 0.1) is 11.3 Å². The van der Waals surface area contributed by atoms with Gasteiger partial charge in [-0.1, -0.05) is 6.92 Å². The van der Waals surface area contributed by atoms with Crippen molar-refractivity contribution in [1.29, 1.82) is 5.26 Å². The SMILES string of the molecule is CCC(Nc1cnc(C#N)c(Nc2ccc(-c3nnco3)cc2)n1)C(N)=O. The summed E-state index contributed by atoms with van der Waals surface area (Å²) >= 11 is 0. The van der Waals surface area contributed by atoms with Crippen LogP contribution in [0.2, 0.25) is 0 Å². The van der Waals surface area contributed by atoms with Gasteiger partial charge in [0.2, 0.25) is 18.2 Å². The molecule has 0 saturated carbocycles. The Balaban J connectivity index is 1.81. The molecule has 0 fully saturated rings. The van der Waals surface area contributed by atoms with Crippen LogP contribution in [0.1, 0.15) is 19.0 Å². The molecule has 1 atom stereocenters. The minimum absolute atomic E-state index is 0.119. The third kappa shape index (κ3) is 4.16. The van der Waals surface area contributed by atoms with E-state index in [0.717, 1.165) is 5.56 Å². The summed E-state index contributed by atoms with van der Waals surface area (Å²) in [5, 5.41) is 22.7. The lowest BCUT2D eigenvalue weighted by Crippen LogP contribution is -2.35. The van der Waals surface area contributed by atoms with Gasteiger partial charge in [0, 0.05) is 11.3 Å². The molecule has 0 radical (unpaired) electrons. The van der Waals surface area contributed by atoms with Gasteiger partial charge in [-0.15, -0.1) is 10.2 Å². The molecule has 10 nitrogen and oxygen atoms in total. The van der Waals surface area contributed by atoms with Crippen molar-refractivity contribution in [3.8, 4) is 17.5 Å². The first-order valence-electron chi connectivity index (χ1n) is 8.07. The molecule has 2 aromatic heterocycles. The molecule has 0 aliphatic heterocycles. The lowest BCUT2D eigenvalue weighted by molar-refractivity contribution is -0.118. The maximum Gasteiger partial charge on any atom is 0.247 e. The summed E-state index contributed by atoms with van der Waals surface area (Å²) in [4.78, 5) is 19.8. The first-order chi connectivity index (χ1) is 13.1. The average Bonchev–Trinajstić information content (AvgIpc) is 3.21. The fourth-order valence-corrected chi connectivity index (χ4v) is 2.31. The minimum atomic E-state index is -0.575. The fraction of sp³-hybridized carbons (Fsp3) is 0.176. The van der Waals surface area contributed by atoms with E-state index in [2.05, 4.69) is 30.8 Å². The largest absolute Gasteiger partial charge is 0.423 e. The van der Waals surface area contributed by atoms with Gasteiger partial charge >= 0.3 is 0 Å². The van der Waals surface area contributed by atoms with Crippen molar-refractivity contribution in [2.24, 2.45) is 5.73 Å². The van der Waals surface area contributed by atoms with Crippen molar-refractivity contribution in [1.82, 2.24) is 20.2 Å². The number of amides is 1. The monoisotopic (exact) mass is 364 g/mol. The molecule has 3 rings (SSSR count). The molecule has 4 N–H and O–H groups in total. The maximum absolute atomic E-state index is 11.4. The minimum Gasteiger partial charge on any atom is -0.423 e. The summed E-state index contributed by atoms with van der Waals surface area (Å²) in [5.74, 6) is 0.508. The third-order valence-corrected chi connectivity index (χ3v) is 3.71. The van der Waals surface area contributed by atoms with Gasteiger partial charge in [0.25, 0.3) is 0 Å². The van der Waals surface area contributed by atoms with E-state index in [4.69, 9.17) is 10.2 Å². The number of hydrogen-bond donors (Lipinski definition) is 3. The lowest BCUT2D eigenvalue weighted by Gasteiger charge is -2.15. The van der Waals surface area contributed by atoms with Crippen LogP contribution in [0.25, 0.3) is 11.5 Å². The first-order valence-corrected chi connectivity index (χ1v) is 8.07. The second-order valence-electron chi connectivity index (χ2n) is 5.52. The van der Waals surface area contributed by atoms with E-state index in [-0.39, 0.29) is 11.5 Å². The van der Waals surface area contributed by atoms with Crippen LogP contribution >= 0.6 is 0 Å². The lowest BCUT2D eigenvalue weighted by atomic mass is 10.2. The predicted octanol–water partition coefficient (Wildman–Crippen LogP) is 1.82. The van der Waals surface area contributed by atoms with Crippen LogP contribution in [-0.4, -0.2) is 32.1 Å². The molecule has 1 aromatic carbocycles. The zero-order chi connectivity index (χ0) is 19.2. The number of nitrogens with zero attached hydrogens (tertiary/aromatic N) is 5. The summed E-state index contributed by atoms with van der Waals surface area (Å²) < 4.78 is 5.14. The van der Waals surface area contributed by atoms with Gasteiger partial charge < -0.3 is 20.8 Å². The Bertz CT molecular complexity index is 964. The summed E-state index contributed by atoms with van der Waals surface area (Å²) in [7, 11) is 0. The third-order valence-electron chi connectivity index (χ3n) is 3.71. The van der Waals surface area contributed by atoms with Gasteiger partial charge in [0.1, 0.15) is 17.9 Å². The average molecular weight is 364 g/mol. The molecule has 0 bridgehead atoms. The van der Waals surface area contributed by atoms with Crippen molar-refractivity contribution in [2.45, 2.75) is 19.4 Å². The Morgan fingerprint density at radius 1 is 1.37 bits per heavy atom. The molecular weight excluding hydrogens is 348 g/mol. The highest BCUT2D eigenvalue weighted by atomic mass is 16.4. The van der Waals surface area contributed by atoms with E-state index in [1.165, 1.54) is 12.6 Å². The molecule has 1 unspecified atom stereocenters. The number of nitriles is 1. The fourth-order valence-electron chi connectivity index (χ4n) is 2.31. The van der Waals surface area contributed by atoms with Crippen molar-refractivity contribution in [2.75, 3.05) is 10.6 Å². The molecule has 10 heteroatoms. The predicted molar refractivity (Wildman–Crippen MR) is 96.7 cm³/mol.